The molecule has 1 heteroatoms. The summed E-state index contributed by atoms with van der Waals surface area (Å²) in [5, 5.41) is 0. The predicted octanol–water partition coefficient (Wildman–Crippen LogP) is 2.18. The largest absolute Gasteiger partial charge is 0.303 e. The summed E-state index contributed by atoms with van der Waals surface area (Å²) < 4.78 is 0. The molecule has 0 radical (unpaired) electrons. The van der Waals surface area contributed by atoms with E-state index in [1.807, 2.05) is 19.9 Å². The van der Waals surface area contributed by atoms with Gasteiger partial charge in [-0.3, -0.25) is 0 Å². The van der Waals surface area contributed by atoms with Gasteiger partial charge < -0.3 is 4.79 Å². The van der Waals surface area contributed by atoms with E-state index in [2.05, 4.69) is 5.92 Å². The van der Waals surface area contributed by atoms with Crippen LogP contribution in [0.5, 0.6) is 0 Å². The molecule has 0 spiro atoms. The quantitative estimate of drug-likeness (QED) is 0.443. The van der Waals surface area contributed by atoms with Crippen LogP contribution >= 0.6 is 0 Å². The number of hydrogen-bond donors (Lipinski definition) is 0. The zero-order chi connectivity index (χ0) is 8.69. The first kappa shape index (κ1) is 9.97. The molecule has 0 fully saturated rings. The summed E-state index contributed by atoms with van der Waals surface area (Å²) in [5.41, 5.74) is 0.947. The topological polar surface area (TPSA) is 17.1 Å². The van der Waals surface area contributed by atoms with E-state index in [4.69, 9.17) is 6.42 Å². The Kier molecular flexibility index (Phi) is 5.20. The maximum atomic E-state index is 10.2. The Morgan fingerprint density at radius 2 is 2.36 bits per heavy atom. The Labute approximate surface area is 68.5 Å². The van der Waals surface area contributed by atoms with Gasteiger partial charge >= 0.3 is 0 Å². The summed E-state index contributed by atoms with van der Waals surface area (Å²) in [6.07, 6.45) is 9.88. The molecule has 0 saturated carbocycles. The van der Waals surface area contributed by atoms with E-state index in [9.17, 15) is 4.79 Å². The molecular formula is C10H14O. The van der Waals surface area contributed by atoms with Gasteiger partial charge in [0.15, 0.2) is 0 Å². The van der Waals surface area contributed by atoms with E-state index in [1.54, 1.807) is 0 Å². The van der Waals surface area contributed by atoms with Crippen molar-refractivity contribution in [3.05, 3.63) is 11.6 Å². The Morgan fingerprint density at radius 3 is 2.82 bits per heavy atom. The van der Waals surface area contributed by atoms with E-state index in [1.165, 1.54) is 0 Å². The molecule has 0 bridgehead atoms. The van der Waals surface area contributed by atoms with Crippen LogP contribution in [0, 0.1) is 18.3 Å². The van der Waals surface area contributed by atoms with Crippen LogP contribution in [0.4, 0.5) is 0 Å². The molecular weight excluding hydrogens is 136 g/mol. The molecule has 1 atom stereocenters. The van der Waals surface area contributed by atoms with Crippen LogP contribution in [-0.2, 0) is 4.79 Å². The first-order valence-corrected chi connectivity index (χ1v) is 3.79. The zero-order valence-electron chi connectivity index (χ0n) is 7.13. The van der Waals surface area contributed by atoms with E-state index >= 15 is 0 Å². The van der Waals surface area contributed by atoms with Gasteiger partial charge in [0.05, 0.1) is 0 Å². The van der Waals surface area contributed by atoms with E-state index in [-0.39, 0.29) is 5.92 Å². The third-order valence-electron chi connectivity index (χ3n) is 1.53. The molecule has 11 heavy (non-hydrogen) atoms. The average molecular weight is 150 g/mol. The van der Waals surface area contributed by atoms with Crippen LogP contribution in [-0.4, -0.2) is 6.29 Å². The molecule has 0 aromatic rings. The Bertz CT molecular complexity index is 184. The standard InChI is InChI=1S/C10H14O/c1-4-9(2)6-5-7-10(3)8-11/h1,6,8,10H,5,7H2,2-3H3/b9-6-. The van der Waals surface area contributed by atoms with Crippen LogP contribution in [0.25, 0.3) is 0 Å². The van der Waals surface area contributed by atoms with Crippen LogP contribution in [0.1, 0.15) is 26.7 Å². The Hall–Kier alpha value is -1.03. The number of hydrogen-bond acceptors (Lipinski definition) is 1. The number of aldehydes is 1. The highest BCUT2D eigenvalue weighted by atomic mass is 16.1. The van der Waals surface area contributed by atoms with E-state index in [0.29, 0.717) is 0 Å². The van der Waals surface area contributed by atoms with Gasteiger partial charge in [-0.2, -0.15) is 0 Å². The lowest BCUT2D eigenvalue weighted by Gasteiger charge is -1.98. The monoisotopic (exact) mass is 150 g/mol. The summed E-state index contributed by atoms with van der Waals surface area (Å²) in [6, 6.07) is 0. The lowest BCUT2D eigenvalue weighted by atomic mass is 10.1. The fourth-order valence-corrected chi connectivity index (χ4v) is 0.690. The van der Waals surface area contributed by atoms with Gasteiger partial charge in [0.1, 0.15) is 6.29 Å². The van der Waals surface area contributed by atoms with Crippen LogP contribution in [0.3, 0.4) is 0 Å². The molecule has 1 nitrogen and oxygen atoms in total. The second kappa shape index (κ2) is 5.73. The highest BCUT2D eigenvalue weighted by Crippen LogP contribution is 2.04. The smallest absolute Gasteiger partial charge is 0.122 e. The van der Waals surface area contributed by atoms with Crippen LogP contribution in [0.2, 0.25) is 0 Å². The van der Waals surface area contributed by atoms with Crippen molar-refractivity contribution in [3.8, 4) is 12.3 Å². The molecule has 0 N–H and O–H groups in total. The predicted molar refractivity (Wildman–Crippen MR) is 47.1 cm³/mol. The summed E-state index contributed by atoms with van der Waals surface area (Å²) in [7, 11) is 0. The minimum absolute atomic E-state index is 0.150. The van der Waals surface area contributed by atoms with Gasteiger partial charge in [0.2, 0.25) is 0 Å². The van der Waals surface area contributed by atoms with Crippen molar-refractivity contribution in [2.24, 2.45) is 5.92 Å². The number of allylic oxidation sites excluding steroid dienone is 2. The van der Waals surface area contributed by atoms with Crippen molar-refractivity contribution in [3.63, 3.8) is 0 Å². The summed E-state index contributed by atoms with van der Waals surface area (Å²) in [6.45, 7) is 3.80. The van der Waals surface area contributed by atoms with Crippen molar-refractivity contribution in [2.75, 3.05) is 0 Å². The van der Waals surface area contributed by atoms with E-state index in [0.717, 1.165) is 24.7 Å². The number of carbonyl (C=O) groups excluding carboxylic acids is 1. The molecule has 0 aliphatic heterocycles. The van der Waals surface area contributed by atoms with Crippen molar-refractivity contribution in [2.45, 2.75) is 26.7 Å². The molecule has 1 unspecified atom stereocenters. The van der Waals surface area contributed by atoms with Crippen molar-refractivity contribution in [1.82, 2.24) is 0 Å². The third-order valence-corrected chi connectivity index (χ3v) is 1.53. The fraction of sp³-hybridized carbons (Fsp3) is 0.500. The number of rotatable bonds is 4. The fourth-order valence-electron chi connectivity index (χ4n) is 0.690. The molecule has 0 aliphatic carbocycles. The maximum absolute atomic E-state index is 10.2. The van der Waals surface area contributed by atoms with Crippen molar-refractivity contribution >= 4 is 6.29 Å². The molecule has 0 saturated heterocycles. The molecule has 60 valence electrons. The zero-order valence-corrected chi connectivity index (χ0v) is 7.13. The lowest BCUT2D eigenvalue weighted by Crippen LogP contribution is -1.93. The van der Waals surface area contributed by atoms with Gasteiger partial charge in [-0.1, -0.05) is 18.9 Å². The average Bonchev–Trinajstić information content (AvgIpc) is 2.04. The molecule has 0 aliphatic rings. The second-order valence-electron chi connectivity index (χ2n) is 2.72. The highest BCUT2D eigenvalue weighted by Gasteiger charge is 1.95. The van der Waals surface area contributed by atoms with Gasteiger partial charge in [-0.05, 0) is 25.3 Å². The highest BCUT2D eigenvalue weighted by molar-refractivity contribution is 5.52. The summed E-state index contributed by atoms with van der Waals surface area (Å²) in [5.74, 6) is 2.68. The van der Waals surface area contributed by atoms with Gasteiger partial charge in [0.25, 0.3) is 0 Å². The SMILES string of the molecule is C#C/C(C)=C\CCC(C)C=O. The number of carbonyl (C=O) groups is 1. The number of terminal acetylenes is 1. The van der Waals surface area contributed by atoms with Gasteiger partial charge in [0, 0.05) is 5.92 Å². The first-order chi connectivity index (χ1) is 5.20. The maximum Gasteiger partial charge on any atom is 0.122 e. The molecule has 0 aromatic heterocycles. The summed E-state index contributed by atoms with van der Waals surface area (Å²) in [4.78, 5) is 10.2. The van der Waals surface area contributed by atoms with Crippen molar-refractivity contribution in [1.29, 1.82) is 0 Å². The molecule has 0 heterocycles. The lowest BCUT2D eigenvalue weighted by molar-refractivity contribution is -0.110. The van der Waals surface area contributed by atoms with Crippen LogP contribution in [0.15, 0.2) is 11.6 Å². The van der Waals surface area contributed by atoms with E-state index < -0.39 is 0 Å². The normalized spacial score (nSPS) is 13.7. The molecule has 0 amide bonds. The van der Waals surface area contributed by atoms with Gasteiger partial charge in [-0.15, -0.1) is 6.42 Å². The molecule has 0 aromatic carbocycles. The Morgan fingerprint density at radius 1 is 1.73 bits per heavy atom. The van der Waals surface area contributed by atoms with Crippen LogP contribution < -0.4 is 0 Å². The first-order valence-electron chi connectivity index (χ1n) is 3.79. The summed E-state index contributed by atoms with van der Waals surface area (Å²) >= 11 is 0. The third kappa shape index (κ3) is 5.42. The van der Waals surface area contributed by atoms with Crippen molar-refractivity contribution < 1.29 is 4.79 Å². The minimum atomic E-state index is 0.150. The Balaban J connectivity index is 3.58. The minimum Gasteiger partial charge on any atom is -0.303 e. The molecule has 0 rings (SSSR count). The second-order valence-corrected chi connectivity index (χ2v) is 2.72. The van der Waals surface area contributed by atoms with Gasteiger partial charge in [-0.25, -0.2) is 0 Å².